The van der Waals surface area contributed by atoms with Crippen LogP contribution in [-0.4, -0.2) is 5.27 Å². The maximum absolute atomic E-state index is 12.4. The molecule has 5 heteroatoms. The van der Waals surface area contributed by atoms with Crippen molar-refractivity contribution in [2.24, 2.45) is 0 Å². The number of para-hydroxylation sites is 1. The van der Waals surface area contributed by atoms with Crippen molar-refractivity contribution in [1.29, 1.82) is 0 Å². The summed E-state index contributed by atoms with van der Waals surface area (Å²) in [4.78, 5) is 0. The molecule has 0 atom stereocenters. The molecule has 1 heterocycles. The van der Waals surface area contributed by atoms with Gasteiger partial charge in [-0.3, -0.25) is 0 Å². The standard InChI is InChI=1S/C9H7FN2O2/c10-6-8-9(13)14-11-12(8)7-4-2-1-3-5-7/h1-5H,6H2. The van der Waals surface area contributed by atoms with Crippen molar-refractivity contribution in [3.63, 3.8) is 0 Å². The lowest BCUT2D eigenvalue weighted by molar-refractivity contribution is -0.678. The zero-order valence-corrected chi connectivity index (χ0v) is 7.18. The zero-order valence-electron chi connectivity index (χ0n) is 7.18. The van der Waals surface area contributed by atoms with Crippen molar-refractivity contribution >= 4 is 0 Å². The number of rotatable bonds is 2. The van der Waals surface area contributed by atoms with E-state index in [0.717, 1.165) is 4.68 Å². The molecule has 2 rings (SSSR count). The predicted molar refractivity (Wildman–Crippen MR) is 42.3 cm³/mol. The van der Waals surface area contributed by atoms with Crippen molar-refractivity contribution in [2.75, 3.05) is 0 Å². The Morgan fingerprint density at radius 1 is 1.36 bits per heavy atom. The summed E-state index contributed by atoms with van der Waals surface area (Å²) < 4.78 is 18.0. The summed E-state index contributed by atoms with van der Waals surface area (Å²) in [5.41, 5.74) is 0.502. The Bertz CT molecular complexity index is 428. The molecular formula is C9H7FN2O2. The van der Waals surface area contributed by atoms with Crippen LogP contribution >= 0.6 is 0 Å². The molecule has 0 N–H and O–H groups in total. The van der Waals surface area contributed by atoms with Crippen molar-refractivity contribution in [3.8, 4) is 11.6 Å². The SMILES string of the molecule is [O-]c1on[n+](-c2ccccc2)c1CF. The van der Waals surface area contributed by atoms with Gasteiger partial charge in [-0.15, -0.1) is 0 Å². The highest BCUT2D eigenvalue weighted by molar-refractivity contribution is 5.22. The molecule has 0 bridgehead atoms. The van der Waals surface area contributed by atoms with Gasteiger partial charge in [-0.25, -0.2) is 4.39 Å². The number of hydrogen-bond acceptors (Lipinski definition) is 3. The third kappa shape index (κ3) is 1.32. The predicted octanol–water partition coefficient (Wildman–Crippen LogP) is 0.494. The largest absolute Gasteiger partial charge is 0.539 e. The number of alkyl halides is 1. The van der Waals surface area contributed by atoms with Crippen molar-refractivity contribution < 1.29 is 18.7 Å². The Morgan fingerprint density at radius 2 is 2.07 bits per heavy atom. The van der Waals surface area contributed by atoms with E-state index in [0.29, 0.717) is 5.69 Å². The molecule has 0 saturated carbocycles. The van der Waals surface area contributed by atoms with Crippen LogP contribution in [0, 0.1) is 0 Å². The molecule has 0 aliphatic rings. The van der Waals surface area contributed by atoms with Crippen LogP contribution in [0.1, 0.15) is 5.69 Å². The topological polar surface area (TPSA) is 53.0 Å². The van der Waals surface area contributed by atoms with Gasteiger partial charge in [0.25, 0.3) is 5.69 Å². The summed E-state index contributed by atoms with van der Waals surface area (Å²) in [5.74, 6) is -0.739. The second-order valence-corrected chi connectivity index (χ2v) is 2.69. The molecule has 0 aliphatic heterocycles. The maximum atomic E-state index is 12.4. The van der Waals surface area contributed by atoms with E-state index in [4.69, 9.17) is 0 Å². The summed E-state index contributed by atoms with van der Waals surface area (Å²) in [6.07, 6.45) is 0. The van der Waals surface area contributed by atoms with E-state index >= 15 is 0 Å². The van der Waals surface area contributed by atoms with E-state index in [2.05, 4.69) is 9.79 Å². The minimum atomic E-state index is -0.892. The Balaban J connectivity index is 2.52. The van der Waals surface area contributed by atoms with Crippen molar-refractivity contribution in [3.05, 3.63) is 36.0 Å². The fourth-order valence-electron chi connectivity index (χ4n) is 1.15. The van der Waals surface area contributed by atoms with Crippen LogP contribution in [0.15, 0.2) is 34.9 Å². The van der Waals surface area contributed by atoms with Gasteiger partial charge in [0.15, 0.2) is 12.6 Å². The van der Waals surface area contributed by atoms with Gasteiger partial charge >= 0.3 is 0 Å². The summed E-state index contributed by atoms with van der Waals surface area (Å²) in [6, 6.07) is 8.77. The summed E-state index contributed by atoms with van der Waals surface area (Å²) in [7, 11) is 0. The minimum absolute atomic E-state index is 0.101. The van der Waals surface area contributed by atoms with E-state index < -0.39 is 12.6 Å². The molecule has 0 radical (unpaired) electrons. The number of nitrogens with zero attached hydrogens (tertiary/aromatic N) is 2. The first-order valence-electron chi connectivity index (χ1n) is 4.02. The molecular weight excluding hydrogens is 187 g/mol. The van der Waals surface area contributed by atoms with E-state index in [-0.39, 0.29) is 5.69 Å². The molecule has 0 amide bonds. The van der Waals surface area contributed by atoms with Gasteiger partial charge in [0.1, 0.15) is 0 Å². The van der Waals surface area contributed by atoms with Gasteiger partial charge in [-0.2, -0.15) is 0 Å². The Hall–Kier alpha value is -1.91. The molecule has 0 spiro atoms. The quantitative estimate of drug-likeness (QED) is 0.654. The lowest BCUT2D eigenvalue weighted by Gasteiger charge is -1.91. The van der Waals surface area contributed by atoms with Crippen LogP contribution in [0.25, 0.3) is 5.69 Å². The molecule has 14 heavy (non-hydrogen) atoms. The summed E-state index contributed by atoms with van der Waals surface area (Å²) in [6.45, 7) is -0.892. The fourth-order valence-corrected chi connectivity index (χ4v) is 1.15. The monoisotopic (exact) mass is 194 g/mol. The van der Waals surface area contributed by atoms with Crippen LogP contribution in [0.2, 0.25) is 0 Å². The first-order chi connectivity index (χ1) is 6.83. The van der Waals surface area contributed by atoms with E-state index in [9.17, 15) is 9.50 Å². The number of aromatic nitrogens is 2. The van der Waals surface area contributed by atoms with Gasteiger partial charge in [-0.05, 0) is 4.68 Å². The second kappa shape index (κ2) is 3.45. The van der Waals surface area contributed by atoms with Gasteiger partial charge in [-0.1, -0.05) is 18.2 Å². The van der Waals surface area contributed by atoms with Crippen LogP contribution < -0.4 is 9.79 Å². The zero-order chi connectivity index (χ0) is 9.97. The summed E-state index contributed by atoms with van der Waals surface area (Å²) in [5, 5.41) is 14.4. The highest BCUT2D eigenvalue weighted by atomic mass is 19.1. The maximum Gasteiger partial charge on any atom is 0.270 e. The first kappa shape index (κ1) is 8.68. The minimum Gasteiger partial charge on any atom is -0.539 e. The highest BCUT2D eigenvalue weighted by Crippen LogP contribution is 2.10. The lowest BCUT2D eigenvalue weighted by Crippen LogP contribution is -2.36. The van der Waals surface area contributed by atoms with Gasteiger partial charge in [0.2, 0.25) is 5.69 Å². The van der Waals surface area contributed by atoms with E-state index in [1.165, 1.54) is 0 Å². The molecule has 0 fully saturated rings. The molecule has 0 saturated heterocycles. The Labute approximate surface area is 79.2 Å². The van der Waals surface area contributed by atoms with Crippen LogP contribution in [0.3, 0.4) is 0 Å². The molecule has 0 aliphatic carbocycles. The van der Waals surface area contributed by atoms with Crippen molar-refractivity contribution in [1.82, 2.24) is 5.27 Å². The molecule has 0 unspecified atom stereocenters. The van der Waals surface area contributed by atoms with Crippen LogP contribution in [-0.2, 0) is 6.67 Å². The second-order valence-electron chi connectivity index (χ2n) is 2.69. The van der Waals surface area contributed by atoms with Crippen molar-refractivity contribution in [2.45, 2.75) is 6.67 Å². The molecule has 2 aromatic rings. The molecule has 4 nitrogen and oxygen atoms in total. The summed E-state index contributed by atoms with van der Waals surface area (Å²) >= 11 is 0. The Morgan fingerprint density at radius 3 is 2.71 bits per heavy atom. The fraction of sp³-hybridized carbons (Fsp3) is 0.111. The smallest absolute Gasteiger partial charge is 0.270 e. The van der Waals surface area contributed by atoms with Gasteiger partial charge in [0, 0.05) is 12.1 Å². The normalized spacial score (nSPS) is 10.4. The number of halogens is 1. The lowest BCUT2D eigenvalue weighted by atomic mass is 10.3. The highest BCUT2D eigenvalue weighted by Gasteiger charge is 2.19. The van der Waals surface area contributed by atoms with Gasteiger partial charge < -0.3 is 9.63 Å². The average Bonchev–Trinajstić information content (AvgIpc) is 2.61. The average molecular weight is 194 g/mol. The molecule has 72 valence electrons. The van der Waals surface area contributed by atoms with E-state index in [1.807, 2.05) is 6.07 Å². The third-order valence-corrected chi connectivity index (χ3v) is 1.82. The van der Waals surface area contributed by atoms with Gasteiger partial charge in [0.05, 0.1) is 5.27 Å². The number of hydrogen-bond donors (Lipinski definition) is 0. The molecule has 1 aromatic heterocycles. The first-order valence-corrected chi connectivity index (χ1v) is 4.02. The van der Waals surface area contributed by atoms with Crippen LogP contribution in [0.4, 0.5) is 4.39 Å². The van der Waals surface area contributed by atoms with Crippen LogP contribution in [0.5, 0.6) is 5.95 Å². The molecule has 1 aromatic carbocycles. The Kier molecular flexibility index (Phi) is 2.14. The van der Waals surface area contributed by atoms with E-state index in [1.54, 1.807) is 24.3 Å². The number of benzene rings is 1. The third-order valence-electron chi connectivity index (χ3n) is 1.82.